The molecule has 1 aromatic rings. The molecular weight excluding hydrogens is 302 g/mol. The highest BCUT2D eigenvalue weighted by Crippen LogP contribution is 2.18. The van der Waals surface area contributed by atoms with Crippen molar-refractivity contribution in [2.45, 2.75) is 18.7 Å². The number of nitrogens with two attached hydrogens (primary N) is 1. The van der Waals surface area contributed by atoms with Gasteiger partial charge in [0.1, 0.15) is 4.90 Å². The van der Waals surface area contributed by atoms with E-state index in [1.807, 2.05) is 0 Å². The quantitative estimate of drug-likeness (QED) is 0.601. The number of nitrogens with one attached hydrogen (secondary N) is 2. The van der Waals surface area contributed by atoms with Crippen molar-refractivity contribution in [2.75, 3.05) is 24.6 Å². The molecule has 4 N–H and O–H groups in total. The monoisotopic (exact) mass is 321 g/mol. The van der Waals surface area contributed by atoms with Gasteiger partial charge in [-0.1, -0.05) is 13.0 Å². The molecule has 1 rings (SSSR count). The van der Waals surface area contributed by atoms with Gasteiger partial charge in [0.05, 0.1) is 11.4 Å². The van der Waals surface area contributed by atoms with E-state index in [9.17, 15) is 16.8 Å². The van der Waals surface area contributed by atoms with Crippen LogP contribution in [0.1, 0.15) is 12.5 Å². The van der Waals surface area contributed by atoms with Gasteiger partial charge in [0.2, 0.25) is 20.0 Å². The average molecular weight is 321 g/mol. The lowest BCUT2D eigenvalue weighted by molar-refractivity contribution is 0.577. The highest BCUT2D eigenvalue weighted by Gasteiger charge is 2.18. The van der Waals surface area contributed by atoms with Crippen LogP contribution in [-0.2, 0) is 20.0 Å². The first-order chi connectivity index (χ1) is 9.18. The number of hydrogen-bond acceptors (Lipinski definition) is 5. The maximum Gasteiger partial charge on any atom is 0.242 e. The molecule has 0 amide bonds. The highest BCUT2D eigenvalue weighted by molar-refractivity contribution is 7.90. The first-order valence-electron chi connectivity index (χ1n) is 6.01. The lowest BCUT2D eigenvalue weighted by Gasteiger charge is -2.10. The number of sulfonamides is 2. The average Bonchev–Trinajstić information content (AvgIpc) is 2.27. The molecule has 0 radical (unpaired) electrons. The number of nitrogen functional groups attached to an aromatic ring is 1. The van der Waals surface area contributed by atoms with Crippen LogP contribution in [0.2, 0.25) is 0 Å². The van der Waals surface area contributed by atoms with Gasteiger partial charge in [0.25, 0.3) is 0 Å². The standard InChI is InChI=1S/C11H19N3O4S2/c1-3-13-19(15,16)7-6-14-20(17,18)11-5-4-9(2)8-10(11)12/h4-5,8,13-14H,3,6-7,12H2,1-2H3. The molecule has 0 bridgehead atoms. The number of anilines is 1. The van der Waals surface area contributed by atoms with Crippen LogP contribution in [-0.4, -0.2) is 35.7 Å². The molecule has 1 aromatic carbocycles. The van der Waals surface area contributed by atoms with Crippen molar-refractivity contribution in [1.29, 1.82) is 0 Å². The Kier molecular flexibility index (Phi) is 5.51. The zero-order valence-electron chi connectivity index (χ0n) is 11.4. The molecule has 9 heteroatoms. The van der Waals surface area contributed by atoms with Gasteiger partial charge in [-0.15, -0.1) is 0 Å². The zero-order chi connectivity index (χ0) is 15.4. The van der Waals surface area contributed by atoms with E-state index in [0.717, 1.165) is 5.56 Å². The van der Waals surface area contributed by atoms with E-state index in [2.05, 4.69) is 9.44 Å². The van der Waals surface area contributed by atoms with Gasteiger partial charge in [-0.3, -0.25) is 0 Å². The van der Waals surface area contributed by atoms with Gasteiger partial charge in [-0.25, -0.2) is 26.3 Å². The molecule has 0 unspecified atom stereocenters. The molecule has 0 spiro atoms. The van der Waals surface area contributed by atoms with Crippen molar-refractivity contribution in [1.82, 2.24) is 9.44 Å². The summed E-state index contributed by atoms with van der Waals surface area (Å²) in [6.07, 6.45) is 0. The van der Waals surface area contributed by atoms with Gasteiger partial charge < -0.3 is 5.73 Å². The van der Waals surface area contributed by atoms with Crippen molar-refractivity contribution in [3.8, 4) is 0 Å². The minimum Gasteiger partial charge on any atom is -0.398 e. The van der Waals surface area contributed by atoms with Crippen LogP contribution in [0.5, 0.6) is 0 Å². The summed E-state index contributed by atoms with van der Waals surface area (Å²) in [5.41, 5.74) is 6.64. The first-order valence-corrected chi connectivity index (χ1v) is 9.14. The lowest BCUT2D eigenvalue weighted by atomic mass is 10.2. The Morgan fingerprint density at radius 1 is 1.15 bits per heavy atom. The Bertz CT molecular complexity index is 669. The zero-order valence-corrected chi connectivity index (χ0v) is 13.0. The summed E-state index contributed by atoms with van der Waals surface area (Å²) in [6.45, 7) is 3.49. The third-order valence-corrected chi connectivity index (χ3v) is 5.49. The van der Waals surface area contributed by atoms with Crippen LogP contribution in [0.3, 0.4) is 0 Å². The Morgan fingerprint density at radius 2 is 1.80 bits per heavy atom. The Hall–Kier alpha value is -1.16. The molecule has 114 valence electrons. The van der Waals surface area contributed by atoms with Gasteiger partial charge >= 0.3 is 0 Å². The van der Waals surface area contributed by atoms with E-state index in [0.29, 0.717) is 0 Å². The molecule has 0 aliphatic carbocycles. The maximum atomic E-state index is 12.0. The van der Waals surface area contributed by atoms with Crippen molar-refractivity contribution >= 4 is 25.7 Å². The predicted octanol–water partition coefficient (Wildman–Crippen LogP) is -0.205. The van der Waals surface area contributed by atoms with E-state index >= 15 is 0 Å². The molecule has 0 aliphatic heterocycles. The SMILES string of the molecule is CCNS(=O)(=O)CCNS(=O)(=O)c1ccc(C)cc1N. The van der Waals surface area contributed by atoms with Crippen LogP contribution >= 0.6 is 0 Å². The minimum absolute atomic E-state index is 0.0519. The minimum atomic E-state index is -3.81. The number of benzene rings is 1. The summed E-state index contributed by atoms with van der Waals surface area (Å²) in [7, 11) is -7.27. The topological polar surface area (TPSA) is 118 Å². The maximum absolute atomic E-state index is 12.0. The van der Waals surface area contributed by atoms with Gasteiger partial charge in [0, 0.05) is 13.1 Å². The first kappa shape index (κ1) is 16.9. The van der Waals surface area contributed by atoms with Crippen molar-refractivity contribution in [2.24, 2.45) is 0 Å². The summed E-state index contributed by atoms with van der Waals surface area (Å²) >= 11 is 0. The number of aryl methyl sites for hydroxylation is 1. The van der Waals surface area contributed by atoms with E-state index in [1.165, 1.54) is 6.07 Å². The third kappa shape index (κ3) is 4.75. The summed E-state index contributed by atoms with van der Waals surface area (Å²) < 4.78 is 51.3. The summed E-state index contributed by atoms with van der Waals surface area (Å²) in [5.74, 6) is -0.328. The highest BCUT2D eigenvalue weighted by atomic mass is 32.2. The van der Waals surface area contributed by atoms with Crippen molar-refractivity contribution < 1.29 is 16.8 Å². The Balaban J connectivity index is 2.76. The largest absolute Gasteiger partial charge is 0.398 e. The van der Waals surface area contributed by atoms with Crippen LogP contribution in [0.25, 0.3) is 0 Å². The molecule has 0 fully saturated rings. The Labute approximate surface area is 119 Å². The summed E-state index contributed by atoms with van der Waals surface area (Å²) in [4.78, 5) is -0.0519. The van der Waals surface area contributed by atoms with Crippen LogP contribution in [0, 0.1) is 6.92 Å². The fourth-order valence-electron chi connectivity index (χ4n) is 1.59. The smallest absolute Gasteiger partial charge is 0.242 e. The summed E-state index contributed by atoms with van der Waals surface area (Å²) in [5, 5.41) is 0. The lowest BCUT2D eigenvalue weighted by Crippen LogP contribution is -2.34. The van der Waals surface area contributed by atoms with E-state index in [4.69, 9.17) is 5.73 Å². The normalized spacial score (nSPS) is 12.5. The molecule has 0 saturated heterocycles. The molecule has 0 heterocycles. The van der Waals surface area contributed by atoms with E-state index in [-0.39, 0.29) is 29.4 Å². The van der Waals surface area contributed by atoms with Gasteiger partial charge in [-0.2, -0.15) is 0 Å². The summed E-state index contributed by atoms with van der Waals surface area (Å²) in [6, 6.07) is 4.57. The van der Waals surface area contributed by atoms with E-state index in [1.54, 1.807) is 26.0 Å². The molecule has 0 saturated carbocycles. The number of hydrogen-bond donors (Lipinski definition) is 3. The number of rotatable bonds is 7. The Morgan fingerprint density at radius 3 is 2.35 bits per heavy atom. The van der Waals surface area contributed by atoms with Crippen molar-refractivity contribution in [3.05, 3.63) is 23.8 Å². The second kappa shape index (κ2) is 6.53. The molecule has 0 atom stereocenters. The predicted molar refractivity (Wildman–Crippen MR) is 78.2 cm³/mol. The van der Waals surface area contributed by atoms with Gasteiger partial charge in [-0.05, 0) is 24.6 Å². The molecule has 20 heavy (non-hydrogen) atoms. The molecule has 0 aliphatic rings. The fourth-order valence-corrected chi connectivity index (χ4v) is 3.82. The van der Waals surface area contributed by atoms with Crippen LogP contribution < -0.4 is 15.2 Å². The second-order valence-electron chi connectivity index (χ2n) is 4.26. The third-order valence-electron chi connectivity index (χ3n) is 2.48. The van der Waals surface area contributed by atoms with Gasteiger partial charge in [0.15, 0.2) is 0 Å². The van der Waals surface area contributed by atoms with Crippen molar-refractivity contribution in [3.63, 3.8) is 0 Å². The van der Waals surface area contributed by atoms with E-state index < -0.39 is 20.0 Å². The second-order valence-corrected chi connectivity index (χ2v) is 7.92. The van der Waals surface area contributed by atoms with Crippen LogP contribution in [0.4, 0.5) is 5.69 Å². The molecule has 0 aromatic heterocycles. The fraction of sp³-hybridized carbons (Fsp3) is 0.455. The molecular formula is C11H19N3O4S2. The molecule has 7 nitrogen and oxygen atoms in total. The van der Waals surface area contributed by atoms with Crippen LogP contribution in [0.15, 0.2) is 23.1 Å².